The molecule has 0 aliphatic carbocycles. The van der Waals surface area contributed by atoms with Crippen LogP contribution in [0.5, 0.6) is 23.0 Å². The third kappa shape index (κ3) is 5.05. The Labute approximate surface area is 182 Å². The maximum atomic E-state index is 12.8. The summed E-state index contributed by atoms with van der Waals surface area (Å²) in [5.41, 5.74) is 1.86. The van der Waals surface area contributed by atoms with Gasteiger partial charge in [-0.05, 0) is 48.7 Å². The second-order valence-electron chi connectivity index (χ2n) is 7.57. The van der Waals surface area contributed by atoms with Crippen molar-refractivity contribution in [3.8, 4) is 23.0 Å². The molecule has 4 rings (SSSR count). The van der Waals surface area contributed by atoms with E-state index in [1.54, 1.807) is 20.3 Å². The van der Waals surface area contributed by atoms with Crippen LogP contribution in [0.4, 0.5) is 5.69 Å². The maximum absolute atomic E-state index is 12.8. The molecule has 1 amide bonds. The molecule has 0 unspecified atom stereocenters. The Morgan fingerprint density at radius 3 is 2.68 bits per heavy atom. The Morgan fingerprint density at radius 1 is 1.06 bits per heavy atom. The third-order valence-electron chi connectivity index (χ3n) is 5.47. The number of likely N-dealkylation sites (tertiary alicyclic amines) is 1. The maximum Gasteiger partial charge on any atom is 0.246 e. The van der Waals surface area contributed by atoms with Gasteiger partial charge in [-0.25, -0.2) is 0 Å². The molecule has 1 fully saturated rings. The van der Waals surface area contributed by atoms with Crippen molar-refractivity contribution < 1.29 is 23.7 Å². The van der Waals surface area contributed by atoms with Gasteiger partial charge in [-0.3, -0.25) is 4.79 Å². The van der Waals surface area contributed by atoms with Crippen LogP contribution in [-0.4, -0.2) is 57.4 Å². The first-order valence-corrected chi connectivity index (χ1v) is 10.5. The second-order valence-corrected chi connectivity index (χ2v) is 7.57. The molecular formula is C24H28N2O5. The normalized spacial score (nSPS) is 18.0. The molecule has 2 aliphatic rings. The van der Waals surface area contributed by atoms with E-state index in [2.05, 4.69) is 5.32 Å². The summed E-state index contributed by atoms with van der Waals surface area (Å²) in [7, 11) is 3.20. The van der Waals surface area contributed by atoms with Crippen molar-refractivity contribution in [2.45, 2.75) is 18.9 Å². The van der Waals surface area contributed by atoms with Crippen LogP contribution in [0.25, 0.3) is 6.08 Å². The van der Waals surface area contributed by atoms with Gasteiger partial charge in [0.05, 0.1) is 14.2 Å². The highest BCUT2D eigenvalue weighted by Gasteiger charge is 2.23. The smallest absolute Gasteiger partial charge is 0.246 e. The van der Waals surface area contributed by atoms with Gasteiger partial charge >= 0.3 is 0 Å². The average Bonchev–Trinajstić information content (AvgIpc) is 2.82. The first-order chi connectivity index (χ1) is 15.2. The zero-order valence-electron chi connectivity index (χ0n) is 17.9. The Balaban J connectivity index is 1.37. The predicted octanol–water partition coefficient (Wildman–Crippen LogP) is 3.59. The molecule has 0 radical (unpaired) electrons. The number of methoxy groups -OCH3 is 2. The van der Waals surface area contributed by atoms with Gasteiger partial charge < -0.3 is 29.2 Å². The quantitative estimate of drug-likeness (QED) is 0.715. The topological polar surface area (TPSA) is 69.3 Å². The molecule has 2 heterocycles. The van der Waals surface area contributed by atoms with E-state index in [4.69, 9.17) is 18.9 Å². The molecule has 7 heteroatoms. The summed E-state index contributed by atoms with van der Waals surface area (Å²) in [6, 6.07) is 11.6. The molecule has 1 atom stereocenters. The van der Waals surface area contributed by atoms with Gasteiger partial charge in [-0.15, -0.1) is 0 Å². The molecule has 1 N–H and O–H groups in total. The van der Waals surface area contributed by atoms with Crippen LogP contribution in [0.15, 0.2) is 42.5 Å². The van der Waals surface area contributed by atoms with Crippen molar-refractivity contribution in [1.82, 2.24) is 4.90 Å². The minimum absolute atomic E-state index is 0.00320. The van der Waals surface area contributed by atoms with Gasteiger partial charge in [-0.1, -0.05) is 6.07 Å². The largest absolute Gasteiger partial charge is 0.493 e. The summed E-state index contributed by atoms with van der Waals surface area (Å²) in [4.78, 5) is 14.6. The van der Waals surface area contributed by atoms with Crippen LogP contribution in [-0.2, 0) is 4.79 Å². The minimum atomic E-state index is 0.00320. The summed E-state index contributed by atoms with van der Waals surface area (Å²) >= 11 is 0. The lowest BCUT2D eigenvalue weighted by atomic mass is 10.0. The number of hydrogen-bond donors (Lipinski definition) is 1. The first kappa shape index (κ1) is 20.9. The highest BCUT2D eigenvalue weighted by molar-refractivity contribution is 5.92. The molecule has 0 spiro atoms. The van der Waals surface area contributed by atoms with Crippen LogP contribution in [0.3, 0.4) is 0 Å². The van der Waals surface area contributed by atoms with Gasteiger partial charge in [0.2, 0.25) is 5.91 Å². The number of nitrogens with zero attached hydrogens (tertiary/aromatic N) is 1. The first-order valence-electron chi connectivity index (χ1n) is 10.5. The number of rotatable bonds is 6. The van der Waals surface area contributed by atoms with E-state index in [1.807, 2.05) is 47.4 Å². The zero-order chi connectivity index (χ0) is 21.6. The molecule has 164 valence electrons. The van der Waals surface area contributed by atoms with Gasteiger partial charge in [0, 0.05) is 37.0 Å². The van der Waals surface area contributed by atoms with E-state index in [9.17, 15) is 4.79 Å². The van der Waals surface area contributed by atoms with E-state index in [-0.39, 0.29) is 11.9 Å². The number of carbonyl (C=O) groups excluding carboxylic acids is 1. The van der Waals surface area contributed by atoms with Crippen molar-refractivity contribution in [3.05, 3.63) is 48.0 Å². The van der Waals surface area contributed by atoms with Crippen LogP contribution in [0, 0.1) is 0 Å². The molecule has 31 heavy (non-hydrogen) atoms. The fourth-order valence-electron chi connectivity index (χ4n) is 3.89. The Kier molecular flexibility index (Phi) is 6.50. The van der Waals surface area contributed by atoms with E-state index < -0.39 is 0 Å². The van der Waals surface area contributed by atoms with E-state index >= 15 is 0 Å². The standard InChI is InChI=1S/C24H28N2O5/c1-28-20-8-5-17(14-22(20)29-2)6-10-24(27)26-11-3-4-19(16-26)25-18-7-9-21-23(15-18)31-13-12-30-21/h5-10,14-15,19,25H,3-4,11-13,16H2,1-2H3/b10-6+/t19-/m0/s1. The van der Waals surface area contributed by atoms with Crippen molar-refractivity contribution in [3.63, 3.8) is 0 Å². The molecule has 0 saturated carbocycles. The molecule has 1 saturated heterocycles. The lowest BCUT2D eigenvalue weighted by molar-refractivity contribution is -0.126. The number of carbonyl (C=O) groups is 1. The monoisotopic (exact) mass is 424 g/mol. The van der Waals surface area contributed by atoms with Crippen molar-refractivity contribution in [2.75, 3.05) is 45.8 Å². The number of fused-ring (bicyclic) bond motifs is 1. The van der Waals surface area contributed by atoms with Crippen molar-refractivity contribution in [1.29, 1.82) is 0 Å². The fourth-order valence-corrected chi connectivity index (χ4v) is 3.89. The molecular weight excluding hydrogens is 396 g/mol. The van der Waals surface area contributed by atoms with E-state index in [0.717, 1.165) is 42.1 Å². The van der Waals surface area contributed by atoms with Crippen molar-refractivity contribution >= 4 is 17.7 Å². The molecule has 0 bridgehead atoms. The molecule has 0 aromatic heterocycles. The SMILES string of the molecule is COc1ccc(/C=C/C(=O)N2CCC[C@H](Nc3ccc4c(c3)OCCO4)C2)cc1OC. The summed E-state index contributed by atoms with van der Waals surface area (Å²) in [5.74, 6) is 2.84. The molecule has 2 aromatic rings. The highest BCUT2D eigenvalue weighted by atomic mass is 16.6. The number of nitrogens with one attached hydrogen (secondary N) is 1. The summed E-state index contributed by atoms with van der Waals surface area (Å²) in [6.07, 6.45) is 5.39. The summed E-state index contributed by atoms with van der Waals surface area (Å²) < 4.78 is 21.8. The van der Waals surface area contributed by atoms with Gasteiger partial charge in [0.25, 0.3) is 0 Å². The molecule has 7 nitrogen and oxygen atoms in total. The number of anilines is 1. The number of amides is 1. The van der Waals surface area contributed by atoms with E-state index in [0.29, 0.717) is 31.3 Å². The van der Waals surface area contributed by atoms with Gasteiger partial charge in [0.1, 0.15) is 13.2 Å². The van der Waals surface area contributed by atoms with Crippen LogP contribution in [0.2, 0.25) is 0 Å². The predicted molar refractivity (Wildman–Crippen MR) is 119 cm³/mol. The van der Waals surface area contributed by atoms with Crippen LogP contribution < -0.4 is 24.3 Å². The number of benzene rings is 2. The Hall–Kier alpha value is -3.35. The third-order valence-corrected chi connectivity index (χ3v) is 5.47. The average molecular weight is 424 g/mol. The lowest BCUT2D eigenvalue weighted by Crippen LogP contribution is -2.44. The number of piperidine rings is 1. The number of ether oxygens (including phenoxy) is 4. The van der Waals surface area contributed by atoms with Gasteiger partial charge in [0.15, 0.2) is 23.0 Å². The molecule has 2 aromatic carbocycles. The van der Waals surface area contributed by atoms with Crippen LogP contribution in [0.1, 0.15) is 18.4 Å². The highest BCUT2D eigenvalue weighted by Crippen LogP contribution is 2.33. The van der Waals surface area contributed by atoms with Gasteiger partial charge in [-0.2, -0.15) is 0 Å². The second kappa shape index (κ2) is 9.64. The fraction of sp³-hybridized carbons (Fsp3) is 0.375. The van der Waals surface area contributed by atoms with Crippen molar-refractivity contribution in [2.24, 2.45) is 0 Å². The summed E-state index contributed by atoms with van der Waals surface area (Å²) in [6.45, 7) is 2.56. The van der Waals surface area contributed by atoms with Crippen LogP contribution >= 0.6 is 0 Å². The Morgan fingerprint density at radius 2 is 1.87 bits per heavy atom. The molecule has 2 aliphatic heterocycles. The summed E-state index contributed by atoms with van der Waals surface area (Å²) in [5, 5.41) is 3.53. The number of hydrogen-bond acceptors (Lipinski definition) is 6. The zero-order valence-corrected chi connectivity index (χ0v) is 17.9. The van der Waals surface area contributed by atoms with E-state index in [1.165, 1.54) is 0 Å². The minimum Gasteiger partial charge on any atom is -0.493 e. The lowest BCUT2D eigenvalue weighted by Gasteiger charge is -2.33. The Bertz CT molecular complexity index is 959.